The molecule has 0 heterocycles. The van der Waals surface area contributed by atoms with E-state index in [-0.39, 0.29) is 12.6 Å². The van der Waals surface area contributed by atoms with Gasteiger partial charge in [0, 0.05) is 31.7 Å². The van der Waals surface area contributed by atoms with E-state index in [1.54, 1.807) is 0 Å². The van der Waals surface area contributed by atoms with Crippen molar-refractivity contribution >= 4 is 5.96 Å². The predicted molar refractivity (Wildman–Crippen MR) is 104 cm³/mol. The first-order chi connectivity index (χ1) is 11.6. The molecule has 0 aliphatic heterocycles. The van der Waals surface area contributed by atoms with Crippen molar-refractivity contribution in [3.8, 4) is 0 Å². The maximum Gasteiger partial charge on any atom is 0.191 e. The van der Waals surface area contributed by atoms with Crippen LogP contribution in [-0.2, 0) is 0 Å². The van der Waals surface area contributed by atoms with Gasteiger partial charge in [-0.05, 0) is 38.2 Å². The summed E-state index contributed by atoms with van der Waals surface area (Å²) in [4.78, 5) is 4.75. The molecule has 0 bridgehead atoms. The second kappa shape index (κ2) is 11.9. The van der Waals surface area contributed by atoms with E-state index >= 15 is 0 Å². The molecule has 4 nitrogen and oxygen atoms in total. The molecule has 0 aliphatic carbocycles. The quantitative estimate of drug-likeness (QED) is 0.453. The highest BCUT2D eigenvalue weighted by Crippen LogP contribution is 2.18. The van der Waals surface area contributed by atoms with Crippen LogP contribution in [0.3, 0.4) is 0 Å². The summed E-state index contributed by atoms with van der Waals surface area (Å²) in [6.07, 6.45) is 3.07. The normalized spacial score (nSPS) is 15.6. The zero-order valence-corrected chi connectivity index (χ0v) is 15.8. The standard InChI is InChI=1S/C20H35N3O/c1-5-10-18(13-14-24)15-22-20(21-6-2)23-17(4)16(3)19-11-8-7-9-12-19/h7-9,11-12,16-18,24H,5-6,10,13-15H2,1-4H3,(H2,21,22,23). The summed E-state index contributed by atoms with van der Waals surface area (Å²) in [5.74, 6) is 1.73. The van der Waals surface area contributed by atoms with E-state index < -0.39 is 0 Å². The van der Waals surface area contributed by atoms with Crippen LogP contribution in [0.25, 0.3) is 0 Å². The predicted octanol–water partition coefficient (Wildman–Crippen LogP) is 3.53. The van der Waals surface area contributed by atoms with Crippen LogP contribution in [0.15, 0.2) is 35.3 Å². The summed E-state index contributed by atoms with van der Waals surface area (Å²) in [5.41, 5.74) is 1.33. The lowest BCUT2D eigenvalue weighted by atomic mass is 9.94. The number of hydrogen-bond donors (Lipinski definition) is 3. The smallest absolute Gasteiger partial charge is 0.191 e. The Bertz CT molecular complexity index is 455. The van der Waals surface area contributed by atoms with E-state index in [0.29, 0.717) is 11.8 Å². The highest BCUT2D eigenvalue weighted by atomic mass is 16.3. The van der Waals surface area contributed by atoms with Gasteiger partial charge in [-0.3, -0.25) is 4.99 Å². The van der Waals surface area contributed by atoms with Crippen LogP contribution >= 0.6 is 0 Å². The topological polar surface area (TPSA) is 56.7 Å². The Kier molecular flexibility index (Phi) is 10.2. The second-order valence-electron chi connectivity index (χ2n) is 6.52. The Morgan fingerprint density at radius 2 is 1.83 bits per heavy atom. The van der Waals surface area contributed by atoms with Gasteiger partial charge in [0.05, 0.1) is 0 Å². The molecule has 0 amide bonds. The van der Waals surface area contributed by atoms with Crippen LogP contribution in [0, 0.1) is 5.92 Å². The van der Waals surface area contributed by atoms with Crippen molar-refractivity contribution in [2.45, 2.75) is 58.9 Å². The largest absolute Gasteiger partial charge is 0.396 e. The third-order valence-corrected chi connectivity index (χ3v) is 4.53. The molecule has 24 heavy (non-hydrogen) atoms. The number of aliphatic imine (C=N–C) groups is 1. The maximum atomic E-state index is 9.20. The van der Waals surface area contributed by atoms with Crippen molar-refractivity contribution in [3.63, 3.8) is 0 Å². The number of benzene rings is 1. The minimum atomic E-state index is 0.242. The molecule has 0 fully saturated rings. The zero-order chi connectivity index (χ0) is 17.8. The SMILES string of the molecule is CCCC(CCO)CN=C(NCC)NC(C)C(C)c1ccccc1. The molecule has 0 saturated carbocycles. The van der Waals surface area contributed by atoms with E-state index in [4.69, 9.17) is 4.99 Å². The molecule has 3 atom stereocenters. The fourth-order valence-corrected chi connectivity index (χ4v) is 2.84. The van der Waals surface area contributed by atoms with Gasteiger partial charge in [-0.15, -0.1) is 0 Å². The van der Waals surface area contributed by atoms with Gasteiger partial charge in [0.25, 0.3) is 0 Å². The highest BCUT2D eigenvalue weighted by molar-refractivity contribution is 5.80. The molecule has 1 aromatic rings. The molecule has 0 radical (unpaired) electrons. The number of aliphatic hydroxyl groups is 1. The van der Waals surface area contributed by atoms with Gasteiger partial charge in [0.1, 0.15) is 0 Å². The Labute approximate surface area is 147 Å². The van der Waals surface area contributed by atoms with E-state index in [1.165, 1.54) is 5.56 Å². The Morgan fingerprint density at radius 3 is 2.42 bits per heavy atom. The van der Waals surface area contributed by atoms with Crippen LogP contribution < -0.4 is 10.6 Å². The summed E-state index contributed by atoms with van der Waals surface area (Å²) in [6, 6.07) is 10.9. The van der Waals surface area contributed by atoms with Crippen molar-refractivity contribution in [3.05, 3.63) is 35.9 Å². The molecule has 3 unspecified atom stereocenters. The molecule has 0 aliphatic rings. The minimum Gasteiger partial charge on any atom is -0.396 e. The summed E-state index contributed by atoms with van der Waals surface area (Å²) >= 11 is 0. The average molecular weight is 334 g/mol. The first kappa shape index (κ1) is 20.5. The fourth-order valence-electron chi connectivity index (χ4n) is 2.84. The van der Waals surface area contributed by atoms with E-state index in [2.05, 4.69) is 68.7 Å². The first-order valence-electron chi connectivity index (χ1n) is 9.32. The number of rotatable bonds is 10. The number of nitrogens with one attached hydrogen (secondary N) is 2. The number of nitrogens with zero attached hydrogens (tertiary/aromatic N) is 1. The fraction of sp³-hybridized carbons (Fsp3) is 0.650. The third-order valence-electron chi connectivity index (χ3n) is 4.53. The van der Waals surface area contributed by atoms with Gasteiger partial charge in [-0.2, -0.15) is 0 Å². The summed E-state index contributed by atoms with van der Waals surface area (Å²) < 4.78 is 0. The Morgan fingerprint density at radius 1 is 1.12 bits per heavy atom. The van der Waals surface area contributed by atoms with Gasteiger partial charge in [0.15, 0.2) is 5.96 Å². The zero-order valence-electron chi connectivity index (χ0n) is 15.8. The number of hydrogen-bond acceptors (Lipinski definition) is 2. The highest BCUT2D eigenvalue weighted by Gasteiger charge is 2.15. The van der Waals surface area contributed by atoms with Gasteiger partial charge in [-0.1, -0.05) is 50.6 Å². The molecule has 0 spiro atoms. The lowest BCUT2D eigenvalue weighted by molar-refractivity contribution is 0.253. The van der Waals surface area contributed by atoms with E-state index in [1.807, 2.05) is 0 Å². The lowest BCUT2D eigenvalue weighted by Gasteiger charge is -2.24. The van der Waals surface area contributed by atoms with Gasteiger partial charge in [-0.25, -0.2) is 0 Å². The molecule has 1 rings (SSSR count). The molecule has 3 N–H and O–H groups in total. The van der Waals surface area contributed by atoms with Crippen molar-refractivity contribution in [2.24, 2.45) is 10.9 Å². The lowest BCUT2D eigenvalue weighted by Crippen LogP contribution is -2.44. The van der Waals surface area contributed by atoms with Crippen LogP contribution in [0.5, 0.6) is 0 Å². The molecule has 0 aromatic heterocycles. The third kappa shape index (κ3) is 7.35. The summed E-state index contributed by atoms with van der Waals surface area (Å²) in [7, 11) is 0. The van der Waals surface area contributed by atoms with Crippen molar-refractivity contribution in [2.75, 3.05) is 19.7 Å². The molecule has 0 saturated heterocycles. The van der Waals surface area contributed by atoms with E-state index in [9.17, 15) is 5.11 Å². The Balaban J connectivity index is 2.67. The van der Waals surface area contributed by atoms with E-state index in [0.717, 1.165) is 38.3 Å². The summed E-state index contributed by atoms with van der Waals surface area (Å²) in [6.45, 7) is 10.5. The van der Waals surface area contributed by atoms with Gasteiger partial charge >= 0.3 is 0 Å². The molecule has 1 aromatic carbocycles. The van der Waals surface area contributed by atoms with Gasteiger partial charge in [0.2, 0.25) is 0 Å². The molecule has 136 valence electrons. The van der Waals surface area contributed by atoms with Crippen LogP contribution in [0.2, 0.25) is 0 Å². The monoisotopic (exact) mass is 333 g/mol. The molecule has 4 heteroatoms. The second-order valence-corrected chi connectivity index (χ2v) is 6.52. The van der Waals surface area contributed by atoms with Crippen molar-refractivity contribution < 1.29 is 5.11 Å². The molecular weight excluding hydrogens is 298 g/mol. The van der Waals surface area contributed by atoms with Crippen LogP contribution in [0.4, 0.5) is 0 Å². The molecular formula is C20H35N3O. The number of guanidine groups is 1. The Hall–Kier alpha value is -1.55. The first-order valence-corrected chi connectivity index (χ1v) is 9.32. The maximum absolute atomic E-state index is 9.20. The van der Waals surface area contributed by atoms with Crippen molar-refractivity contribution in [1.29, 1.82) is 0 Å². The summed E-state index contributed by atoms with van der Waals surface area (Å²) in [5, 5.41) is 16.1. The minimum absolute atomic E-state index is 0.242. The van der Waals surface area contributed by atoms with Crippen LogP contribution in [0.1, 0.15) is 58.4 Å². The van der Waals surface area contributed by atoms with Crippen molar-refractivity contribution in [1.82, 2.24) is 10.6 Å². The average Bonchev–Trinajstić information content (AvgIpc) is 2.60. The number of aliphatic hydroxyl groups excluding tert-OH is 1. The van der Waals surface area contributed by atoms with Gasteiger partial charge < -0.3 is 15.7 Å². The van der Waals surface area contributed by atoms with Crippen LogP contribution in [-0.4, -0.2) is 36.8 Å².